The molecule has 0 saturated carbocycles. The summed E-state index contributed by atoms with van der Waals surface area (Å²) >= 11 is 0. The maximum absolute atomic E-state index is 11.4. The Labute approximate surface area is 126 Å². The van der Waals surface area contributed by atoms with E-state index in [1.165, 1.54) is 0 Å². The van der Waals surface area contributed by atoms with Gasteiger partial charge in [0.25, 0.3) is 0 Å². The van der Waals surface area contributed by atoms with E-state index in [9.17, 15) is 9.90 Å². The minimum absolute atomic E-state index is 0.219. The highest BCUT2D eigenvalue weighted by molar-refractivity contribution is 5.71. The third-order valence-corrected chi connectivity index (χ3v) is 4.19. The van der Waals surface area contributed by atoms with Crippen LogP contribution in [0.2, 0.25) is 0 Å². The molecule has 0 spiro atoms. The number of rotatable bonds is 7. The molecule has 2 N–H and O–H groups in total. The Morgan fingerprint density at radius 3 is 2.90 bits per heavy atom. The summed E-state index contributed by atoms with van der Waals surface area (Å²) in [6, 6.07) is 2.11. The summed E-state index contributed by atoms with van der Waals surface area (Å²) in [4.78, 5) is 13.6. The number of aromatic nitrogens is 2. The van der Waals surface area contributed by atoms with E-state index >= 15 is 0 Å². The number of carboxylic acid groups (broad SMARTS) is 1. The molecule has 1 saturated heterocycles. The summed E-state index contributed by atoms with van der Waals surface area (Å²) in [5, 5.41) is 16.8. The molecule has 2 atom stereocenters. The van der Waals surface area contributed by atoms with E-state index in [0.29, 0.717) is 12.5 Å². The van der Waals surface area contributed by atoms with Crippen molar-refractivity contribution < 1.29 is 9.90 Å². The van der Waals surface area contributed by atoms with Gasteiger partial charge in [0.1, 0.15) is 0 Å². The van der Waals surface area contributed by atoms with Crippen LogP contribution in [0, 0.1) is 17.8 Å². The van der Waals surface area contributed by atoms with E-state index in [2.05, 4.69) is 41.9 Å². The van der Waals surface area contributed by atoms with Crippen LogP contribution in [0.25, 0.3) is 0 Å². The molecule has 118 valence electrons. The second kappa shape index (κ2) is 7.07. The summed E-state index contributed by atoms with van der Waals surface area (Å²) in [6.45, 7) is 8.79. The topological polar surface area (TPSA) is 69.2 Å². The van der Waals surface area contributed by atoms with E-state index < -0.39 is 5.97 Å². The molecule has 1 fully saturated rings. The number of H-pyrrole nitrogens is 1. The van der Waals surface area contributed by atoms with E-state index in [-0.39, 0.29) is 11.8 Å². The first-order chi connectivity index (χ1) is 9.99. The highest BCUT2D eigenvalue weighted by atomic mass is 16.4. The van der Waals surface area contributed by atoms with Gasteiger partial charge < -0.3 is 5.11 Å². The number of hydrogen-bond acceptors (Lipinski definition) is 3. The molecule has 0 aromatic carbocycles. The van der Waals surface area contributed by atoms with Crippen LogP contribution in [-0.2, 0) is 17.8 Å². The second-order valence-corrected chi connectivity index (χ2v) is 6.67. The maximum Gasteiger partial charge on any atom is 0.308 e. The molecule has 21 heavy (non-hydrogen) atoms. The van der Waals surface area contributed by atoms with Crippen LogP contribution in [0.1, 0.15) is 45.0 Å². The normalized spacial score (nSPS) is 23.0. The van der Waals surface area contributed by atoms with Crippen molar-refractivity contribution in [3.8, 4) is 0 Å². The van der Waals surface area contributed by atoms with Crippen molar-refractivity contribution in [3.63, 3.8) is 0 Å². The summed E-state index contributed by atoms with van der Waals surface area (Å²) in [7, 11) is 0. The lowest BCUT2D eigenvalue weighted by Gasteiger charge is -2.14. The van der Waals surface area contributed by atoms with Crippen molar-refractivity contribution >= 4 is 5.97 Å². The monoisotopic (exact) mass is 293 g/mol. The van der Waals surface area contributed by atoms with Gasteiger partial charge in [-0.05, 0) is 30.7 Å². The molecule has 2 heterocycles. The van der Waals surface area contributed by atoms with Gasteiger partial charge in [0, 0.05) is 25.3 Å². The zero-order valence-electron chi connectivity index (χ0n) is 13.3. The lowest BCUT2D eigenvalue weighted by atomic mass is 9.92. The Kier molecular flexibility index (Phi) is 5.39. The van der Waals surface area contributed by atoms with Gasteiger partial charge in [0.15, 0.2) is 0 Å². The van der Waals surface area contributed by atoms with Gasteiger partial charge in [-0.3, -0.25) is 14.8 Å². The summed E-state index contributed by atoms with van der Waals surface area (Å²) in [6.07, 6.45) is 3.02. The number of aromatic amines is 1. The molecule has 5 nitrogen and oxygen atoms in total. The Hall–Kier alpha value is -1.36. The van der Waals surface area contributed by atoms with Crippen LogP contribution < -0.4 is 0 Å². The van der Waals surface area contributed by atoms with Gasteiger partial charge in [-0.1, -0.05) is 27.2 Å². The number of carbonyl (C=O) groups is 1. The average molecular weight is 293 g/mol. The molecule has 1 aromatic heterocycles. The first-order valence-electron chi connectivity index (χ1n) is 7.97. The SMILES string of the molecule is CCC[C@@H]1CN(Cc2cc(CC(C)C)n[nH]2)C[C@H]1C(=O)O. The number of aliphatic carboxylic acids is 1. The van der Waals surface area contributed by atoms with Crippen molar-refractivity contribution in [1.29, 1.82) is 0 Å². The van der Waals surface area contributed by atoms with E-state index in [0.717, 1.165) is 43.7 Å². The molecule has 0 radical (unpaired) electrons. The molecule has 0 aliphatic carbocycles. The zero-order chi connectivity index (χ0) is 15.4. The Balaban J connectivity index is 1.94. The molecule has 1 aromatic rings. The Morgan fingerprint density at radius 2 is 2.29 bits per heavy atom. The predicted octanol–water partition coefficient (Wildman–Crippen LogP) is 2.54. The highest BCUT2D eigenvalue weighted by Crippen LogP contribution is 2.28. The van der Waals surface area contributed by atoms with Crippen molar-refractivity contribution in [2.24, 2.45) is 17.8 Å². The summed E-state index contributed by atoms with van der Waals surface area (Å²) in [5.41, 5.74) is 2.19. The molecule has 1 aliphatic rings. The Morgan fingerprint density at radius 1 is 1.52 bits per heavy atom. The molecule has 5 heteroatoms. The number of nitrogens with one attached hydrogen (secondary N) is 1. The van der Waals surface area contributed by atoms with Gasteiger partial charge >= 0.3 is 5.97 Å². The third kappa shape index (κ3) is 4.30. The number of likely N-dealkylation sites (tertiary alicyclic amines) is 1. The zero-order valence-corrected chi connectivity index (χ0v) is 13.3. The molecule has 0 amide bonds. The van der Waals surface area contributed by atoms with Crippen LogP contribution in [0.5, 0.6) is 0 Å². The lowest BCUT2D eigenvalue weighted by molar-refractivity contribution is -0.142. The van der Waals surface area contributed by atoms with Crippen molar-refractivity contribution in [3.05, 3.63) is 17.5 Å². The van der Waals surface area contributed by atoms with Gasteiger partial charge in [-0.25, -0.2) is 0 Å². The van der Waals surface area contributed by atoms with Gasteiger partial charge in [-0.2, -0.15) is 5.10 Å². The average Bonchev–Trinajstić information content (AvgIpc) is 2.97. The third-order valence-electron chi connectivity index (χ3n) is 4.19. The number of hydrogen-bond donors (Lipinski definition) is 2. The van der Waals surface area contributed by atoms with Crippen molar-refractivity contribution in [2.45, 2.75) is 46.6 Å². The minimum Gasteiger partial charge on any atom is -0.481 e. The molecule has 1 aliphatic heterocycles. The maximum atomic E-state index is 11.4. The summed E-state index contributed by atoms with van der Waals surface area (Å²) in [5.74, 6) is 0.00730. The first kappa shape index (κ1) is 16.0. The lowest BCUT2D eigenvalue weighted by Crippen LogP contribution is -2.23. The van der Waals surface area contributed by atoms with Crippen LogP contribution in [0.15, 0.2) is 6.07 Å². The van der Waals surface area contributed by atoms with Crippen molar-refractivity contribution in [2.75, 3.05) is 13.1 Å². The second-order valence-electron chi connectivity index (χ2n) is 6.67. The van der Waals surface area contributed by atoms with Crippen LogP contribution >= 0.6 is 0 Å². The largest absolute Gasteiger partial charge is 0.481 e. The molecular weight excluding hydrogens is 266 g/mol. The van der Waals surface area contributed by atoms with Crippen LogP contribution in [-0.4, -0.2) is 39.3 Å². The molecule has 0 unspecified atom stereocenters. The fourth-order valence-electron chi connectivity index (χ4n) is 3.29. The summed E-state index contributed by atoms with van der Waals surface area (Å²) < 4.78 is 0. The van der Waals surface area contributed by atoms with E-state index in [1.807, 2.05) is 0 Å². The highest BCUT2D eigenvalue weighted by Gasteiger charge is 2.36. The van der Waals surface area contributed by atoms with Crippen LogP contribution in [0.4, 0.5) is 0 Å². The first-order valence-corrected chi connectivity index (χ1v) is 7.97. The standard InChI is InChI=1S/C16H27N3O2/c1-4-5-12-8-19(10-15(12)16(20)21)9-14-7-13(17-18-14)6-11(2)3/h7,11-12,15H,4-6,8-10H2,1-3H3,(H,17,18)(H,20,21)/t12-,15-/m1/s1. The molecular formula is C16H27N3O2. The quantitative estimate of drug-likeness (QED) is 0.810. The minimum atomic E-state index is -0.652. The number of carboxylic acids is 1. The number of nitrogens with zero attached hydrogens (tertiary/aromatic N) is 2. The van der Waals surface area contributed by atoms with E-state index in [4.69, 9.17) is 0 Å². The van der Waals surface area contributed by atoms with Gasteiger partial charge in [-0.15, -0.1) is 0 Å². The fourth-order valence-corrected chi connectivity index (χ4v) is 3.29. The molecule has 2 rings (SSSR count). The van der Waals surface area contributed by atoms with Gasteiger partial charge in [0.05, 0.1) is 11.6 Å². The smallest absolute Gasteiger partial charge is 0.308 e. The molecule has 0 bridgehead atoms. The van der Waals surface area contributed by atoms with Gasteiger partial charge in [0.2, 0.25) is 0 Å². The van der Waals surface area contributed by atoms with Crippen LogP contribution in [0.3, 0.4) is 0 Å². The predicted molar refractivity (Wildman–Crippen MR) is 81.9 cm³/mol. The fraction of sp³-hybridized carbons (Fsp3) is 0.750. The Bertz CT molecular complexity index is 470. The van der Waals surface area contributed by atoms with E-state index in [1.54, 1.807) is 0 Å². The van der Waals surface area contributed by atoms with Crippen molar-refractivity contribution in [1.82, 2.24) is 15.1 Å².